The molecule has 7 rings (SSSR count). The number of thioether (sulfide) groups is 1. The zero-order chi connectivity index (χ0) is 38.9. The van der Waals surface area contributed by atoms with E-state index in [4.69, 9.17) is 20.0 Å². The van der Waals surface area contributed by atoms with Crippen molar-refractivity contribution in [1.82, 2.24) is 29.8 Å². The van der Waals surface area contributed by atoms with Gasteiger partial charge in [0.05, 0.1) is 12.3 Å². The Morgan fingerprint density at radius 3 is 1.86 bits per heavy atom. The van der Waals surface area contributed by atoms with Gasteiger partial charge in [-0.3, -0.25) is 4.79 Å². The van der Waals surface area contributed by atoms with E-state index in [-0.39, 0.29) is 11.7 Å². The van der Waals surface area contributed by atoms with E-state index in [9.17, 15) is 9.59 Å². The Bertz CT molecular complexity index is 2300. The third kappa shape index (κ3) is 7.70. The van der Waals surface area contributed by atoms with Gasteiger partial charge in [-0.25, -0.2) is 14.5 Å². The highest BCUT2D eigenvalue weighted by atomic mass is 32.2. The van der Waals surface area contributed by atoms with E-state index in [0.717, 1.165) is 69.4 Å². The molecule has 0 atom stereocenters. The molecule has 7 aromatic rings. The average Bonchev–Trinajstić information content (AvgIpc) is 3.86. The monoisotopic (exact) mass is 760 g/mol. The summed E-state index contributed by atoms with van der Waals surface area (Å²) in [5, 5.41) is 13.8. The van der Waals surface area contributed by atoms with Crippen molar-refractivity contribution < 1.29 is 14.3 Å². The van der Waals surface area contributed by atoms with Crippen LogP contribution in [0.3, 0.4) is 0 Å². The number of rotatable bonds is 15. The molecular weight excluding hydrogens is 717 g/mol. The van der Waals surface area contributed by atoms with E-state index in [2.05, 4.69) is 84.9 Å². The zero-order valence-corrected chi connectivity index (χ0v) is 32.7. The largest absolute Gasteiger partial charge is 0.461 e. The fraction of sp³-hybridized carbons (Fsp3) is 0.217. The van der Waals surface area contributed by atoms with Crippen LogP contribution in [0.2, 0.25) is 0 Å². The first-order valence-corrected chi connectivity index (χ1v) is 20.0. The van der Waals surface area contributed by atoms with Gasteiger partial charge in [-0.2, -0.15) is 0 Å². The number of carbonyl (C=O) groups is 2. The van der Waals surface area contributed by atoms with Crippen LogP contribution in [0.5, 0.6) is 0 Å². The number of carbonyl (C=O) groups excluding carboxylic acids is 2. The number of benzene rings is 5. The molecular formula is C46H44N6O3S. The lowest BCUT2D eigenvalue weighted by atomic mass is 9.77. The smallest absolute Gasteiger partial charge is 0.356 e. The molecule has 5 aromatic carbocycles. The normalized spacial score (nSPS) is 11.4. The number of nitrogens with zero attached hydrogens (tertiary/aromatic N) is 6. The molecule has 9 nitrogen and oxygen atoms in total. The molecule has 0 aliphatic heterocycles. The lowest BCUT2D eigenvalue weighted by Crippen LogP contribution is -2.39. The Labute approximate surface area is 331 Å². The standard InChI is InChI=1S/C46H44N6O3S/c1-4-6-26-42-47-41(32-56-33(3)53)43(45(54)55-5-2)51(42)31-34-27-29-35(30-28-34)39-24-16-17-25-40(39)44-48-49-50-52(44)46(36-18-10-7-11-19-36,37-20-12-8-13-21-37)38-22-14-9-15-23-38/h7-25,27-30H,4-6,26,31-32H2,1-3H3. The highest BCUT2D eigenvalue weighted by Gasteiger charge is 2.42. The van der Waals surface area contributed by atoms with Crippen LogP contribution in [0.4, 0.5) is 0 Å². The van der Waals surface area contributed by atoms with Crippen LogP contribution in [-0.4, -0.2) is 47.4 Å². The Kier molecular flexibility index (Phi) is 12.0. The van der Waals surface area contributed by atoms with E-state index in [1.54, 1.807) is 6.92 Å². The van der Waals surface area contributed by atoms with Crippen molar-refractivity contribution in [1.29, 1.82) is 0 Å². The van der Waals surface area contributed by atoms with Crippen LogP contribution >= 0.6 is 11.8 Å². The van der Waals surface area contributed by atoms with Crippen LogP contribution in [0.1, 0.15) is 77.9 Å². The molecule has 0 amide bonds. The Hall–Kier alpha value is -6.13. The van der Waals surface area contributed by atoms with Gasteiger partial charge >= 0.3 is 5.97 Å². The molecule has 2 aromatic heterocycles. The molecule has 56 heavy (non-hydrogen) atoms. The molecule has 0 aliphatic carbocycles. The summed E-state index contributed by atoms with van der Waals surface area (Å²) in [6, 6.07) is 47.7. The van der Waals surface area contributed by atoms with Crippen molar-refractivity contribution in [2.45, 2.75) is 57.9 Å². The minimum atomic E-state index is -0.891. The molecule has 0 saturated heterocycles. The minimum Gasteiger partial charge on any atom is -0.461 e. The maximum Gasteiger partial charge on any atom is 0.356 e. The second kappa shape index (κ2) is 17.6. The van der Waals surface area contributed by atoms with Gasteiger partial charge in [0.1, 0.15) is 11.4 Å². The fourth-order valence-corrected chi connectivity index (χ4v) is 7.88. The van der Waals surface area contributed by atoms with Gasteiger partial charge < -0.3 is 9.30 Å². The predicted octanol–water partition coefficient (Wildman–Crippen LogP) is 9.39. The zero-order valence-electron chi connectivity index (χ0n) is 31.8. The molecule has 0 spiro atoms. The number of hydrogen-bond donors (Lipinski definition) is 0. The summed E-state index contributed by atoms with van der Waals surface area (Å²) in [6.07, 6.45) is 2.62. The Morgan fingerprint density at radius 2 is 1.30 bits per heavy atom. The van der Waals surface area contributed by atoms with E-state index >= 15 is 0 Å². The molecule has 0 fully saturated rings. The van der Waals surface area contributed by atoms with Crippen LogP contribution in [-0.2, 0) is 33.8 Å². The second-order valence-corrected chi connectivity index (χ2v) is 14.6. The number of tetrazole rings is 1. The summed E-state index contributed by atoms with van der Waals surface area (Å²) in [4.78, 5) is 30.1. The highest BCUT2D eigenvalue weighted by molar-refractivity contribution is 8.12. The summed E-state index contributed by atoms with van der Waals surface area (Å²) in [6.45, 7) is 6.12. The van der Waals surface area contributed by atoms with Crippen molar-refractivity contribution in [2.75, 3.05) is 6.61 Å². The third-order valence-corrected chi connectivity index (χ3v) is 10.7. The van der Waals surface area contributed by atoms with Crippen LogP contribution in [0.15, 0.2) is 140 Å². The Morgan fingerprint density at radius 1 is 0.732 bits per heavy atom. The molecule has 2 heterocycles. The van der Waals surface area contributed by atoms with Crippen molar-refractivity contribution >= 4 is 22.8 Å². The van der Waals surface area contributed by atoms with Gasteiger partial charge in [0, 0.05) is 31.2 Å². The summed E-state index contributed by atoms with van der Waals surface area (Å²) in [5.41, 5.74) is 7.01. The first-order chi connectivity index (χ1) is 27.4. The lowest BCUT2D eigenvalue weighted by Gasteiger charge is -2.36. The summed E-state index contributed by atoms with van der Waals surface area (Å²) >= 11 is 1.15. The van der Waals surface area contributed by atoms with Gasteiger partial charge in [0.2, 0.25) is 0 Å². The summed E-state index contributed by atoms with van der Waals surface area (Å²) < 4.78 is 9.43. The van der Waals surface area contributed by atoms with Gasteiger partial charge in [0.25, 0.3) is 0 Å². The molecule has 0 radical (unpaired) electrons. The van der Waals surface area contributed by atoms with Crippen molar-refractivity contribution in [3.05, 3.63) is 179 Å². The van der Waals surface area contributed by atoms with Crippen molar-refractivity contribution in [3.63, 3.8) is 0 Å². The summed E-state index contributed by atoms with van der Waals surface area (Å²) in [5.74, 6) is 1.32. The fourth-order valence-electron chi connectivity index (χ4n) is 7.34. The van der Waals surface area contributed by atoms with Gasteiger partial charge in [0.15, 0.2) is 16.6 Å². The molecule has 0 N–H and O–H groups in total. The number of unbranched alkanes of at least 4 members (excludes halogenated alkanes) is 1. The number of aryl methyl sites for hydroxylation is 1. The maximum atomic E-state index is 13.4. The number of esters is 1. The Balaban J connectivity index is 1.31. The molecule has 0 unspecified atom stereocenters. The highest BCUT2D eigenvalue weighted by Crippen LogP contribution is 2.43. The topological polar surface area (TPSA) is 105 Å². The molecule has 282 valence electrons. The van der Waals surface area contributed by atoms with Gasteiger partial charge in [-0.15, -0.1) is 5.10 Å². The molecule has 10 heteroatoms. The predicted molar refractivity (Wildman–Crippen MR) is 221 cm³/mol. The first-order valence-electron chi connectivity index (χ1n) is 19.0. The van der Waals surface area contributed by atoms with Crippen LogP contribution in [0, 0.1) is 0 Å². The van der Waals surface area contributed by atoms with Crippen molar-refractivity contribution in [2.24, 2.45) is 0 Å². The SMILES string of the molecule is CCCCc1nc(CSC(C)=O)c(C(=O)OCC)n1Cc1ccc(-c2ccccc2-c2nnnn2C(c2ccccc2)(c2ccccc2)c2ccccc2)cc1. The van der Waals surface area contributed by atoms with E-state index in [1.807, 2.05) is 76.0 Å². The number of ether oxygens (including phenoxy) is 1. The summed E-state index contributed by atoms with van der Waals surface area (Å²) in [7, 11) is 0. The van der Waals surface area contributed by atoms with E-state index in [1.165, 1.54) is 6.92 Å². The first kappa shape index (κ1) is 38.2. The van der Waals surface area contributed by atoms with Crippen LogP contribution in [0.25, 0.3) is 22.5 Å². The minimum absolute atomic E-state index is 0.0275. The molecule has 0 aliphatic rings. The maximum absolute atomic E-state index is 13.4. The van der Waals surface area contributed by atoms with Crippen molar-refractivity contribution in [3.8, 4) is 22.5 Å². The van der Waals surface area contributed by atoms with Gasteiger partial charge in [-0.05, 0) is 57.2 Å². The number of hydrogen-bond acceptors (Lipinski definition) is 8. The average molecular weight is 761 g/mol. The number of aromatic nitrogens is 6. The molecule has 0 saturated carbocycles. The second-order valence-electron chi connectivity index (χ2n) is 13.5. The molecule has 0 bridgehead atoms. The van der Waals surface area contributed by atoms with E-state index < -0.39 is 11.5 Å². The lowest BCUT2D eigenvalue weighted by molar-refractivity contribution is -0.109. The quantitative estimate of drug-likeness (QED) is 0.0753. The van der Waals surface area contributed by atoms with E-state index in [0.29, 0.717) is 35.9 Å². The van der Waals surface area contributed by atoms with Crippen LogP contribution < -0.4 is 0 Å². The van der Waals surface area contributed by atoms with Gasteiger partial charge in [-0.1, -0.05) is 165 Å². The third-order valence-electron chi connectivity index (χ3n) is 9.89. The number of imidazole rings is 1.